The predicted octanol–water partition coefficient (Wildman–Crippen LogP) is 2.78. The van der Waals surface area contributed by atoms with Gasteiger partial charge in [-0.25, -0.2) is 13.2 Å². The third kappa shape index (κ3) is 3.83. The van der Waals surface area contributed by atoms with E-state index in [0.29, 0.717) is 13.1 Å². The van der Waals surface area contributed by atoms with Crippen LogP contribution in [0.1, 0.15) is 40.0 Å². The maximum absolute atomic E-state index is 12.6. The number of hydrogen-bond donors (Lipinski definition) is 0. The molecule has 0 radical (unpaired) electrons. The molecule has 1 aliphatic heterocycles. The van der Waals surface area contributed by atoms with Crippen molar-refractivity contribution in [3.8, 4) is 0 Å². The molecule has 1 aromatic carbocycles. The van der Waals surface area contributed by atoms with E-state index in [1.165, 1.54) is 21.1 Å². The first kappa shape index (κ1) is 18.7. The van der Waals surface area contributed by atoms with Gasteiger partial charge in [-0.1, -0.05) is 29.3 Å². The lowest BCUT2D eigenvalue weighted by Crippen LogP contribution is -2.27. The first-order valence-corrected chi connectivity index (χ1v) is 10.1. The maximum atomic E-state index is 12.6. The highest BCUT2D eigenvalue weighted by Gasteiger charge is 2.29. The zero-order chi connectivity index (χ0) is 18.9. The van der Waals surface area contributed by atoms with Gasteiger partial charge in [-0.05, 0) is 38.3 Å². The Morgan fingerprint density at radius 1 is 1.08 bits per heavy atom. The van der Waals surface area contributed by atoms with Gasteiger partial charge in [0.1, 0.15) is 17.2 Å². The van der Waals surface area contributed by atoms with E-state index in [9.17, 15) is 13.2 Å². The molecule has 0 bridgehead atoms. The van der Waals surface area contributed by atoms with E-state index >= 15 is 0 Å². The minimum absolute atomic E-state index is 0.139. The summed E-state index contributed by atoms with van der Waals surface area (Å²) in [5.41, 5.74) is 3.35. The number of esters is 1. The zero-order valence-corrected chi connectivity index (χ0v) is 16.2. The molecule has 0 saturated carbocycles. The molecule has 26 heavy (non-hydrogen) atoms. The molecular formula is C19H24N2O4S. The second kappa shape index (κ2) is 7.25. The van der Waals surface area contributed by atoms with E-state index in [2.05, 4.69) is 6.07 Å². The van der Waals surface area contributed by atoms with Crippen molar-refractivity contribution in [3.63, 3.8) is 0 Å². The van der Waals surface area contributed by atoms with Gasteiger partial charge >= 0.3 is 5.97 Å². The van der Waals surface area contributed by atoms with Crippen LogP contribution >= 0.6 is 0 Å². The number of aromatic nitrogens is 1. The number of ether oxygens (including phenoxy) is 1. The third-order valence-corrected chi connectivity index (χ3v) is 6.41. The summed E-state index contributed by atoms with van der Waals surface area (Å²) >= 11 is 0. The molecule has 7 heteroatoms. The van der Waals surface area contributed by atoms with E-state index in [0.717, 1.165) is 29.5 Å². The average Bonchev–Trinajstić information content (AvgIpc) is 3.22. The molecule has 1 aromatic heterocycles. The second-order valence-electron chi connectivity index (χ2n) is 6.86. The van der Waals surface area contributed by atoms with Crippen molar-refractivity contribution in [2.24, 2.45) is 7.05 Å². The molecule has 0 amide bonds. The molecule has 2 heterocycles. The average molecular weight is 376 g/mol. The SMILES string of the molecule is Cc1cc(C)cc(COC(=O)c2cc(S(=O)(=O)N3CCCC3)cn2C)c1. The number of benzene rings is 1. The molecule has 6 nitrogen and oxygen atoms in total. The normalized spacial score (nSPS) is 15.3. The molecule has 2 aromatic rings. The van der Waals surface area contributed by atoms with Crippen LogP contribution in [0.2, 0.25) is 0 Å². The predicted molar refractivity (Wildman–Crippen MR) is 98.4 cm³/mol. The quantitative estimate of drug-likeness (QED) is 0.753. The lowest BCUT2D eigenvalue weighted by Gasteiger charge is -2.13. The first-order valence-electron chi connectivity index (χ1n) is 8.68. The number of carbonyl (C=O) groups excluding carboxylic acids is 1. The van der Waals surface area contributed by atoms with Crippen molar-refractivity contribution in [1.29, 1.82) is 0 Å². The van der Waals surface area contributed by atoms with E-state index in [4.69, 9.17) is 4.74 Å². The summed E-state index contributed by atoms with van der Waals surface area (Å²) in [6.45, 7) is 5.20. The van der Waals surface area contributed by atoms with Crippen molar-refractivity contribution < 1.29 is 17.9 Å². The lowest BCUT2D eigenvalue weighted by molar-refractivity contribution is 0.0461. The summed E-state index contributed by atoms with van der Waals surface area (Å²) in [5.74, 6) is -0.533. The van der Waals surface area contributed by atoms with Crippen LogP contribution < -0.4 is 0 Å². The van der Waals surface area contributed by atoms with Gasteiger partial charge in [0.25, 0.3) is 0 Å². The molecule has 0 unspecified atom stereocenters. The Morgan fingerprint density at radius 3 is 2.31 bits per heavy atom. The molecule has 0 atom stereocenters. The van der Waals surface area contributed by atoms with Crippen molar-refractivity contribution in [2.75, 3.05) is 13.1 Å². The van der Waals surface area contributed by atoms with Crippen LogP contribution in [0, 0.1) is 13.8 Å². The number of aryl methyl sites for hydroxylation is 3. The van der Waals surface area contributed by atoms with Gasteiger partial charge in [-0.15, -0.1) is 0 Å². The van der Waals surface area contributed by atoms with Gasteiger partial charge in [0, 0.05) is 26.3 Å². The van der Waals surface area contributed by atoms with Crippen LogP contribution in [0.25, 0.3) is 0 Å². The van der Waals surface area contributed by atoms with Gasteiger partial charge in [0.05, 0.1) is 0 Å². The summed E-state index contributed by atoms with van der Waals surface area (Å²) < 4.78 is 33.6. The summed E-state index contributed by atoms with van der Waals surface area (Å²) in [4.78, 5) is 12.6. The lowest BCUT2D eigenvalue weighted by atomic mass is 10.1. The smallest absolute Gasteiger partial charge is 0.355 e. The molecular weight excluding hydrogens is 352 g/mol. The molecule has 1 fully saturated rings. The molecule has 140 valence electrons. The van der Waals surface area contributed by atoms with Crippen LogP contribution in [0.4, 0.5) is 0 Å². The van der Waals surface area contributed by atoms with E-state index in [1.54, 1.807) is 7.05 Å². The standard InChI is InChI=1S/C19H24N2O4S/c1-14-8-15(2)10-16(9-14)13-25-19(22)18-11-17(12-20(18)3)26(23,24)21-6-4-5-7-21/h8-12H,4-7,13H2,1-3H3. The van der Waals surface area contributed by atoms with Gasteiger partial charge in [-0.3, -0.25) is 0 Å². The highest BCUT2D eigenvalue weighted by Crippen LogP contribution is 2.23. The zero-order valence-electron chi connectivity index (χ0n) is 15.4. The summed E-state index contributed by atoms with van der Waals surface area (Å²) in [6, 6.07) is 7.39. The van der Waals surface area contributed by atoms with Crippen LogP contribution in [0.3, 0.4) is 0 Å². The molecule has 3 rings (SSSR count). The minimum Gasteiger partial charge on any atom is -0.456 e. The maximum Gasteiger partial charge on any atom is 0.355 e. The number of rotatable bonds is 5. The molecule has 0 aliphatic carbocycles. The summed E-state index contributed by atoms with van der Waals surface area (Å²) in [7, 11) is -1.90. The van der Waals surface area contributed by atoms with E-state index in [1.807, 2.05) is 26.0 Å². The molecule has 1 aliphatic rings. The Labute approximate surface area is 154 Å². The Hall–Kier alpha value is -2.12. The molecule has 1 saturated heterocycles. The summed E-state index contributed by atoms with van der Waals surface area (Å²) in [5, 5.41) is 0. The van der Waals surface area contributed by atoms with Crippen LogP contribution in [0.5, 0.6) is 0 Å². The topological polar surface area (TPSA) is 68.6 Å². The Morgan fingerprint density at radius 2 is 1.69 bits per heavy atom. The van der Waals surface area contributed by atoms with Crippen molar-refractivity contribution >= 4 is 16.0 Å². The molecule has 0 N–H and O–H groups in total. The van der Waals surface area contributed by atoms with Crippen LogP contribution in [-0.4, -0.2) is 36.3 Å². The fourth-order valence-corrected chi connectivity index (χ4v) is 4.92. The Kier molecular flexibility index (Phi) is 5.20. The number of nitrogens with zero attached hydrogens (tertiary/aromatic N) is 2. The Bertz CT molecular complexity index is 905. The fourth-order valence-electron chi connectivity index (χ4n) is 3.33. The number of hydrogen-bond acceptors (Lipinski definition) is 4. The largest absolute Gasteiger partial charge is 0.456 e. The summed E-state index contributed by atoms with van der Waals surface area (Å²) in [6.07, 6.45) is 3.22. The van der Waals surface area contributed by atoms with Crippen molar-refractivity contribution in [1.82, 2.24) is 8.87 Å². The van der Waals surface area contributed by atoms with Crippen molar-refractivity contribution in [3.05, 3.63) is 52.8 Å². The highest BCUT2D eigenvalue weighted by molar-refractivity contribution is 7.89. The van der Waals surface area contributed by atoms with Gasteiger partial charge in [-0.2, -0.15) is 4.31 Å². The first-order chi connectivity index (χ1) is 12.3. The Balaban J connectivity index is 1.75. The highest BCUT2D eigenvalue weighted by atomic mass is 32.2. The van der Waals surface area contributed by atoms with E-state index < -0.39 is 16.0 Å². The second-order valence-corrected chi connectivity index (χ2v) is 8.79. The third-order valence-electron chi connectivity index (χ3n) is 4.54. The monoisotopic (exact) mass is 376 g/mol. The molecule has 0 spiro atoms. The van der Waals surface area contributed by atoms with Gasteiger partial charge in [0.15, 0.2) is 0 Å². The minimum atomic E-state index is -3.55. The van der Waals surface area contributed by atoms with Gasteiger partial charge < -0.3 is 9.30 Å². The number of sulfonamides is 1. The number of carbonyl (C=O) groups is 1. The fraction of sp³-hybridized carbons (Fsp3) is 0.421. The van der Waals surface area contributed by atoms with Gasteiger partial charge in [0.2, 0.25) is 10.0 Å². The van der Waals surface area contributed by atoms with Crippen molar-refractivity contribution in [2.45, 2.75) is 38.2 Å². The van der Waals surface area contributed by atoms with Crippen LogP contribution in [0.15, 0.2) is 35.4 Å². The van der Waals surface area contributed by atoms with Crippen LogP contribution in [-0.2, 0) is 28.4 Å². The van der Waals surface area contributed by atoms with E-state index in [-0.39, 0.29) is 17.2 Å².